The number of para-hydroxylation sites is 1. The number of carbonyl (C=O) groups excluding carboxylic acids is 1. The summed E-state index contributed by atoms with van der Waals surface area (Å²) in [6.45, 7) is 2.02. The normalized spacial score (nSPS) is 11.2. The Morgan fingerprint density at radius 3 is 2.96 bits per heavy atom. The van der Waals surface area contributed by atoms with Gasteiger partial charge < -0.3 is 4.42 Å². The number of aromatic nitrogens is 2. The first kappa shape index (κ1) is 14.6. The Labute approximate surface area is 140 Å². The summed E-state index contributed by atoms with van der Waals surface area (Å²) in [6, 6.07) is 10.8. The van der Waals surface area contributed by atoms with Crippen molar-refractivity contribution in [3.05, 3.63) is 63.7 Å². The fourth-order valence-electron chi connectivity index (χ4n) is 2.48. The Kier molecular flexibility index (Phi) is 3.42. The summed E-state index contributed by atoms with van der Waals surface area (Å²) in [7, 11) is 0. The van der Waals surface area contributed by atoms with Gasteiger partial charge in [-0.2, -0.15) is 0 Å². The third-order valence-electron chi connectivity index (χ3n) is 3.72. The van der Waals surface area contributed by atoms with Gasteiger partial charge in [0.05, 0.1) is 5.39 Å². The summed E-state index contributed by atoms with van der Waals surface area (Å²) < 4.78 is 6.59. The van der Waals surface area contributed by atoms with Crippen molar-refractivity contribution in [3.63, 3.8) is 0 Å². The first-order valence-electron chi connectivity index (χ1n) is 7.45. The molecule has 0 radical (unpaired) electrons. The molecule has 0 atom stereocenters. The van der Waals surface area contributed by atoms with Crippen molar-refractivity contribution in [2.45, 2.75) is 13.3 Å². The molecule has 24 heavy (non-hydrogen) atoms. The number of hydrogen-bond donors (Lipinski definition) is 1. The molecule has 6 nitrogen and oxygen atoms in total. The lowest BCUT2D eigenvalue weighted by molar-refractivity contribution is 0.0982. The van der Waals surface area contributed by atoms with E-state index in [1.54, 1.807) is 12.1 Å². The van der Waals surface area contributed by atoms with E-state index in [4.69, 9.17) is 4.42 Å². The molecule has 0 saturated heterocycles. The number of amides is 1. The molecule has 120 valence electrons. The first-order chi connectivity index (χ1) is 11.7. The highest BCUT2D eigenvalue weighted by molar-refractivity contribution is 7.18. The topological polar surface area (TPSA) is 77.1 Å². The van der Waals surface area contributed by atoms with Gasteiger partial charge in [-0.3, -0.25) is 15.0 Å². The average Bonchev–Trinajstić information content (AvgIpc) is 3.21. The molecule has 0 saturated carbocycles. The minimum absolute atomic E-state index is 0.141. The van der Waals surface area contributed by atoms with E-state index in [0.717, 1.165) is 21.4 Å². The fraction of sp³-hybridized carbons (Fsp3) is 0.118. The summed E-state index contributed by atoms with van der Waals surface area (Å²) >= 11 is 1.48. The number of hydrogen-bond acceptors (Lipinski definition) is 5. The van der Waals surface area contributed by atoms with Crippen LogP contribution in [0.3, 0.4) is 0 Å². The summed E-state index contributed by atoms with van der Waals surface area (Å²) in [5.74, 6) is -0.358. The van der Waals surface area contributed by atoms with E-state index in [9.17, 15) is 9.59 Å². The van der Waals surface area contributed by atoms with Crippen molar-refractivity contribution in [3.8, 4) is 0 Å². The molecule has 1 aromatic carbocycles. The van der Waals surface area contributed by atoms with Crippen LogP contribution in [0, 0.1) is 0 Å². The van der Waals surface area contributed by atoms with Crippen LogP contribution in [0.4, 0.5) is 0 Å². The molecule has 4 aromatic rings. The maximum Gasteiger partial charge on any atom is 0.305 e. The van der Waals surface area contributed by atoms with Crippen molar-refractivity contribution < 1.29 is 9.21 Å². The number of nitrogens with one attached hydrogen (secondary N) is 1. The maximum atomic E-state index is 12.5. The summed E-state index contributed by atoms with van der Waals surface area (Å²) in [4.78, 5) is 30.8. The minimum Gasteiger partial charge on any atom is -0.451 e. The highest BCUT2D eigenvalue weighted by atomic mass is 32.1. The Bertz CT molecular complexity index is 1090. The van der Waals surface area contributed by atoms with Gasteiger partial charge in [-0.25, -0.2) is 9.66 Å². The zero-order valence-electron chi connectivity index (χ0n) is 12.8. The molecule has 0 unspecified atom stereocenters. The lowest BCUT2D eigenvalue weighted by Gasteiger charge is -2.05. The zero-order valence-corrected chi connectivity index (χ0v) is 13.6. The lowest BCUT2D eigenvalue weighted by atomic mass is 10.2. The second-order valence-electron chi connectivity index (χ2n) is 5.29. The standard InChI is InChI=1S/C17H13N3O3S/c1-2-11-8-12-16(24-11)18-9-20(17(12)22)19-15(21)14-7-10-5-3-4-6-13(10)23-14/h3-9H,2H2,1H3,(H,19,21). The Hall–Kier alpha value is -2.93. The molecule has 0 bridgehead atoms. The SMILES string of the molecule is CCc1cc2c(=O)n(NC(=O)c3cc4ccccc4o3)cnc2s1. The molecular weight excluding hydrogens is 326 g/mol. The van der Waals surface area contributed by atoms with Crippen molar-refractivity contribution in [2.75, 3.05) is 5.43 Å². The molecule has 7 heteroatoms. The van der Waals surface area contributed by atoms with Gasteiger partial charge in [0.2, 0.25) is 0 Å². The molecule has 3 heterocycles. The Balaban J connectivity index is 1.69. The van der Waals surface area contributed by atoms with Gasteiger partial charge in [0.15, 0.2) is 5.76 Å². The predicted molar refractivity (Wildman–Crippen MR) is 93.2 cm³/mol. The van der Waals surface area contributed by atoms with Crippen LogP contribution < -0.4 is 11.0 Å². The number of benzene rings is 1. The smallest absolute Gasteiger partial charge is 0.305 e. The number of carbonyl (C=O) groups is 1. The van der Waals surface area contributed by atoms with Gasteiger partial charge in [0, 0.05) is 10.3 Å². The first-order valence-corrected chi connectivity index (χ1v) is 8.27. The number of aryl methyl sites for hydroxylation is 1. The maximum absolute atomic E-state index is 12.5. The van der Waals surface area contributed by atoms with Gasteiger partial charge in [0.1, 0.15) is 16.7 Å². The average molecular weight is 339 g/mol. The summed E-state index contributed by atoms with van der Waals surface area (Å²) in [5.41, 5.74) is 2.83. The molecule has 0 aliphatic heterocycles. The summed E-state index contributed by atoms with van der Waals surface area (Å²) in [5, 5.41) is 1.33. The van der Waals surface area contributed by atoms with Crippen LogP contribution in [-0.2, 0) is 6.42 Å². The van der Waals surface area contributed by atoms with Crippen molar-refractivity contribution >= 4 is 38.4 Å². The van der Waals surface area contributed by atoms with Crippen LogP contribution in [0.5, 0.6) is 0 Å². The molecule has 3 aromatic heterocycles. The number of fused-ring (bicyclic) bond motifs is 2. The zero-order chi connectivity index (χ0) is 16.7. The monoisotopic (exact) mass is 339 g/mol. The molecule has 0 aliphatic rings. The van der Waals surface area contributed by atoms with Gasteiger partial charge in [-0.05, 0) is 24.6 Å². The largest absolute Gasteiger partial charge is 0.451 e. The van der Waals surface area contributed by atoms with Crippen LogP contribution in [0.25, 0.3) is 21.2 Å². The number of thiophene rings is 1. The van der Waals surface area contributed by atoms with E-state index < -0.39 is 5.91 Å². The van der Waals surface area contributed by atoms with E-state index in [1.807, 2.05) is 31.2 Å². The third-order valence-corrected chi connectivity index (χ3v) is 4.91. The highest BCUT2D eigenvalue weighted by Gasteiger charge is 2.14. The van der Waals surface area contributed by atoms with Crippen LogP contribution in [-0.4, -0.2) is 15.6 Å². The molecule has 0 fully saturated rings. The van der Waals surface area contributed by atoms with Crippen LogP contribution >= 0.6 is 11.3 Å². The highest BCUT2D eigenvalue weighted by Crippen LogP contribution is 2.21. The van der Waals surface area contributed by atoms with E-state index in [2.05, 4.69) is 10.4 Å². The van der Waals surface area contributed by atoms with Gasteiger partial charge >= 0.3 is 5.91 Å². The second-order valence-corrected chi connectivity index (χ2v) is 6.41. The predicted octanol–water partition coefficient (Wildman–Crippen LogP) is 3.15. The van der Waals surface area contributed by atoms with Crippen molar-refractivity contribution in [1.29, 1.82) is 0 Å². The number of rotatable bonds is 3. The summed E-state index contributed by atoms with van der Waals surface area (Å²) in [6.07, 6.45) is 2.16. The Morgan fingerprint density at radius 1 is 1.33 bits per heavy atom. The van der Waals surface area contributed by atoms with E-state index in [0.29, 0.717) is 15.8 Å². The molecule has 1 amide bonds. The van der Waals surface area contributed by atoms with E-state index in [-0.39, 0.29) is 11.3 Å². The van der Waals surface area contributed by atoms with Crippen molar-refractivity contribution in [2.24, 2.45) is 0 Å². The molecule has 1 N–H and O–H groups in total. The number of furan rings is 1. The van der Waals surface area contributed by atoms with Gasteiger partial charge in [-0.15, -0.1) is 11.3 Å². The Morgan fingerprint density at radius 2 is 2.17 bits per heavy atom. The molecule has 0 spiro atoms. The third kappa shape index (κ3) is 2.39. The van der Waals surface area contributed by atoms with Crippen LogP contribution in [0.15, 0.2) is 51.9 Å². The fourth-order valence-corrected chi connectivity index (χ4v) is 3.41. The van der Waals surface area contributed by atoms with E-state index in [1.165, 1.54) is 17.7 Å². The van der Waals surface area contributed by atoms with E-state index >= 15 is 0 Å². The van der Waals surface area contributed by atoms with Gasteiger partial charge in [-0.1, -0.05) is 25.1 Å². The van der Waals surface area contributed by atoms with Gasteiger partial charge in [0.25, 0.3) is 5.56 Å². The van der Waals surface area contributed by atoms with Crippen LogP contribution in [0.2, 0.25) is 0 Å². The second kappa shape index (κ2) is 5.61. The molecule has 0 aliphatic carbocycles. The van der Waals surface area contributed by atoms with Crippen molar-refractivity contribution in [1.82, 2.24) is 9.66 Å². The number of nitrogens with zero attached hydrogens (tertiary/aromatic N) is 2. The molecular formula is C17H13N3O3S. The van der Waals surface area contributed by atoms with Crippen LogP contribution in [0.1, 0.15) is 22.4 Å². The quantitative estimate of drug-likeness (QED) is 0.622. The lowest BCUT2D eigenvalue weighted by Crippen LogP contribution is -2.32. The molecule has 4 rings (SSSR count). The minimum atomic E-state index is -0.500.